The monoisotopic (exact) mass is 155 g/mol. The van der Waals surface area contributed by atoms with Crippen LogP contribution in [-0.4, -0.2) is 14.8 Å². The summed E-state index contributed by atoms with van der Waals surface area (Å²) in [5.41, 5.74) is -0.794. The fourth-order valence-electron chi connectivity index (χ4n) is 0.721. The molecule has 0 radical (unpaired) electrons. The molecule has 0 amide bonds. The second-order valence-electron chi connectivity index (χ2n) is 2.48. The number of hydrogen-bond donors (Lipinski definition) is 1. The molecule has 5 heteroatoms. The molecule has 5 nitrogen and oxygen atoms in total. The van der Waals surface area contributed by atoms with Crippen LogP contribution in [0.3, 0.4) is 0 Å². The van der Waals surface area contributed by atoms with Crippen molar-refractivity contribution in [2.45, 2.75) is 19.9 Å². The SMILES string of the molecule is CC(C)n1[nH]c(=O)cnc1=O. The summed E-state index contributed by atoms with van der Waals surface area (Å²) < 4.78 is 1.18. The largest absolute Gasteiger partial charge is 0.362 e. The van der Waals surface area contributed by atoms with Crippen molar-refractivity contribution in [1.82, 2.24) is 14.8 Å². The second kappa shape index (κ2) is 2.69. The van der Waals surface area contributed by atoms with E-state index in [1.165, 1.54) is 4.68 Å². The van der Waals surface area contributed by atoms with Crippen molar-refractivity contribution in [3.63, 3.8) is 0 Å². The molecule has 0 unspecified atom stereocenters. The maximum atomic E-state index is 10.9. The van der Waals surface area contributed by atoms with E-state index in [2.05, 4.69) is 10.1 Å². The van der Waals surface area contributed by atoms with Gasteiger partial charge in [-0.3, -0.25) is 9.89 Å². The summed E-state index contributed by atoms with van der Waals surface area (Å²) in [6, 6.07) is -0.0658. The van der Waals surface area contributed by atoms with Gasteiger partial charge in [0.05, 0.1) is 6.20 Å². The van der Waals surface area contributed by atoms with E-state index >= 15 is 0 Å². The maximum Gasteiger partial charge on any atom is 0.362 e. The van der Waals surface area contributed by atoms with Gasteiger partial charge in [-0.05, 0) is 13.8 Å². The molecule has 0 aliphatic rings. The average Bonchev–Trinajstić information content (AvgIpc) is 1.94. The third-order valence-electron chi connectivity index (χ3n) is 1.25. The van der Waals surface area contributed by atoms with E-state index in [1.54, 1.807) is 13.8 Å². The Bertz CT molecular complexity index is 349. The predicted octanol–water partition coefficient (Wildman–Crippen LogP) is -0.488. The number of H-pyrrole nitrogens is 1. The van der Waals surface area contributed by atoms with Gasteiger partial charge in [0.25, 0.3) is 5.56 Å². The van der Waals surface area contributed by atoms with E-state index in [0.717, 1.165) is 6.20 Å². The van der Waals surface area contributed by atoms with Crippen LogP contribution in [0, 0.1) is 0 Å². The van der Waals surface area contributed by atoms with Crippen LogP contribution in [0.4, 0.5) is 0 Å². The van der Waals surface area contributed by atoms with E-state index < -0.39 is 5.69 Å². The van der Waals surface area contributed by atoms with Gasteiger partial charge in [-0.1, -0.05) is 0 Å². The molecule has 1 N–H and O–H groups in total. The molecule has 0 aliphatic heterocycles. The summed E-state index contributed by atoms with van der Waals surface area (Å²) in [6.07, 6.45) is 0.973. The van der Waals surface area contributed by atoms with Crippen molar-refractivity contribution >= 4 is 0 Å². The molecule has 60 valence electrons. The van der Waals surface area contributed by atoms with Gasteiger partial charge >= 0.3 is 5.69 Å². The summed E-state index contributed by atoms with van der Waals surface area (Å²) in [7, 11) is 0. The van der Waals surface area contributed by atoms with Crippen LogP contribution < -0.4 is 11.2 Å². The van der Waals surface area contributed by atoms with Gasteiger partial charge in [-0.2, -0.15) is 4.98 Å². The van der Waals surface area contributed by atoms with E-state index in [1.807, 2.05) is 0 Å². The zero-order valence-corrected chi connectivity index (χ0v) is 6.37. The van der Waals surface area contributed by atoms with Gasteiger partial charge in [0.2, 0.25) is 0 Å². The van der Waals surface area contributed by atoms with E-state index in [0.29, 0.717) is 0 Å². The number of nitrogens with zero attached hydrogens (tertiary/aromatic N) is 2. The Kier molecular flexibility index (Phi) is 1.89. The van der Waals surface area contributed by atoms with Crippen molar-refractivity contribution < 1.29 is 0 Å². The van der Waals surface area contributed by atoms with Crippen LogP contribution in [0.1, 0.15) is 19.9 Å². The quantitative estimate of drug-likeness (QED) is 0.595. The van der Waals surface area contributed by atoms with Crippen molar-refractivity contribution in [3.8, 4) is 0 Å². The Morgan fingerprint density at radius 3 is 2.64 bits per heavy atom. The first kappa shape index (κ1) is 7.71. The standard InChI is InChI=1S/C6H9N3O2/c1-4(2)9-6(11)7-3-5(10)8-9/h3-4H,1-2H3,(H,8,10). The van der Waals surface area contributed by atoms with Gasteiger partial charge < -0.3 is 0 Å². The summed E-state index contributed by atoms with van der Waals surface area (Å²) >= 11 is 0. The molecule has 1 aromatic rings. The van der Waals surface area contributed by atoms with Gasteiger partial charge in [-0.25, -0.2) is 9.48 Å². The molecule has 0 saturated heterocycles. The van der Waals surface area contributed by atoms with E-state index in [9.17, 15) is 9.59 Å². The van der Waals surface area contributed by atoms with E-state index in [-0.39, 0.29) is 11.6 Å². The molecular weight excluding hydrogens is 146 g/mol. The van der Waals surface area contributed by atoms with Gasteiger partial charge in [0, 0.05) is 6.04 Å². The highest BCUT2D eigenvalue weighted by Gasteiger charge is 2.00. The summed E-state index contributed by atoms with van der Waals surface area (Å²) in [5, 5.41) is 2.36. The summed E-state index contributed by atoms with van der Waals surface area (Å²) in [4.78, 5) is 24.9. The molecule has 0 spiro atoms. The second-order valence-corrected chi connectivity index (χ2v) is 2.48. The first-order valence-corrected chi connectivity index (χ1v) is 3.29. The third kappa shape index (κ3) is 1.54. The highest BCUT2D eigenvalue weighted by Crippen LogP contribution is 1.91. The number of aromatic amines is 1. The molecule has 0 saturated carbocycles. The fourth-order valence-corrected chi connectivity index (χ4v) is 0.721. The smallest absolute Gasteiger partial charge is 0.266 e. The molecule has 1 heterocycles. The molecule has 0 fully saturated rings. The first-order valence-electron chi connectivity index (χ1n) is 3.29. The highest BCUT2D eigenvalue weighted by atomic mass is 16.2. The highest BCUT2D eigenvalue weighted by molar-refractivity contribution is 4.70. The Morgan fingerprint density at radius 1 is 1.55 bits per heavy atom. The van der Waals surface area contributed by atoms with Crippen LogP contribution in [0.2, 0.25) is 0 Å². The van der Waals surface area contributed by atoms with Gasteiger partial charge in [0.1, 0.15) is 0 Å². The van der Waals surface area contributed by atoms with Crippen molar-refractivity contribution in [2.24, 2.45) is 0 Å². The molecule has 1 rings (SSSR count). The number of nitrogens with one attached hydrogen (secondary N) is 1. The Hall–Kier alpha value is -1.39. The topological polar surface area (TPSA) is 67.8 Å². The number of aromatic nitrogens is 3. The van der Waals surface area contributed by atoms with Gasteiger partial charge in [-0.15, -0.1) is 0 Å². The Labute approximate surface area is 62.7 Å². The zero-order valence-electron chi connectivity index (χ0n) is 6.37. The van der Waals surface area contributed by atoms with Crippen LogP contribution >= 0.6 is 0 Å². The molecule has 0 bridgehead atoms. The Morgan fingerprint density at radius 2 is 2.18 bits per heavy atom. The lowest BCUT2D eigenvalue weighted by atomic mass is 10.4. The zero-order chi connectivity index (χ0) is 8.43. The van der Waals surface area contributed by atoms with Crippen molar-refractivity contribution in [2.75, 3.05) is 0 Å². The predicted molar refractivity (Wildman–Crippen MR) is 39.5 cm³/mol. The lowest BCUT2D eigenvalue weighted by molar-refractivity contribution is 0.481. The fraction of sp³-hybridized carbons (Fsp3) is 0.500. The van der Waals surface area contributed by atoms with Crippen molar-refractivity contribution in [3.05, 3.63) is 27.0 Å². The number of hydrogen-bond acceptors (Lipinski definition) is 3. The van der Waals surface area contributed by atoms with Gasteiger partial charge in [0.15, 0.2) is 0 Å². The molecule has 11 heavy (non-hydrogen) atoms. The average molecular weight is 155 g/mol. The molecule has 1 aromatic heterocycles. The first-order chi connectivity index (χ1) is 5.11. The summed E-state index contributed by atoms with van der Waals surface area (Å²) in [6.45, 7) is 3.58. The van der Waals surface area contributed by atoms with Crippen LogP contribution in [-0.2, 0) is 0 Å². The molecular formula is C6H9N3O2. The van der Waals surface area contributed by atoms with Crippen molar-refractivity contribution in [1.29, 1.82) is 0 Å². The minimum Gasteiger partial charge on any atom is -0.266 e. The maximum absolute atomic E-state index is 10.9. The normalized spacial score (nSPS) is 10.5. The Balaban J connectivity index is 3.35. The molecule has 0 aliphatic carbocycles. The minimum atomic E-state index is -0.431. The van der Waals surface area contributed by atoms with Crippen LogP contribution in [0.5, 0.6) is 0 Å². The lowest BCUT2D eigenvalue weighted by Crippen LogP contribution is -2.32. The lowest BCUT2D eigenvalue weighted by Gasteiger charge is -2.05. The van der Waals surface area contributed by atoms with Crippen LogP contribution in [0.15, 0.2) is 15.8 Å². The molecule has 0 atom stereocenters. The third-order valence-corrected chi connectivity index (χ3v) is 1.25. The van der Waals surface area contributed by atoms with Crippen LogP contribution in [0.25, 0.3) is 0 Å². The van der Waals surface area contributed by atoms with E-state index in [4.69, 9.17) is 0 Å². The molecule has 0 aromatic carbocycles. The minimum absolute atomic E-state index is 0.0658. The number of rotatable bonds is 1. The summed E-state index contributed by atoms with van der Waals surface area (Å²) in [5.74, 6) is 0.